The molecule has 1 aromatic rings. The molecule has 3 rings (SSSR count). The van der Waals surface area contributed by atoms with E-state index >= 15 is 0 Å². The molecule has 1 saturated heterocycles. The number of anilines is 1. The summed E-state index contributed by atoms with van der Waals surface area (Å²) in [7, 11) is 0. The third kappa shape index (κ3) is 3.37. The molecule has 4 heteroatoms. The van der Waals surface area contributed by atoms with Crippen LogP contribution in [0.15, 0.2) is 18.2 Å². The van der Waals surface area contributed by atoms with E-state index < -0.39 is 0 Å². The van der Waals surface area contributed by atoms with Crippen molar-refractivity contribution in [2.45, 2.75) is 44.7 Å². The van der Waals surface area contributed by atoms with Crippen LogP contribution in [0.3, 0.4) is 0 Å². The number of fused-ring (bicyclic) bond motifs is 1. The van der Waals surface area contributed by atoms with Gasteiger partial charge in [-0.15, -0.1) is 0 Å². The van der Waals surface area contributed by atoms with Crippen molar-refractivity contribution in [1.29, 1.82) is 0 Å². The first kappa shape index (κ1) is 13.6. The summed E-state index contributed by atoms with van der Waals surface area (Å²) in [5.74, 6) is 1.72. The number of benzene rings is 1. The Kier molecular flexibility index (Phi) is 4.31. The van der Waals surface area contributed by atoms with Crippen LogP contribution in [0, 0.1) is 0 Å². The predicted molar refractivity (Wildman–Crippen MR) is 80.8 cm³/mol. The maximum absolute atomic E-state index is 5.73. The Balaban J connectivity index is 1.60. The van der Waals surface area contributed by atoms with Crippen LogP contribution in [0.4, 0.5) is 5.69 Å². The number of hydrogen-bond acceptors (Lipinski definition) is 4. The number of ether oxygens (including phenoxy) is 2. The number of hydrogen-bond donors (Lipinski definition) is 2. The van der Waals surface area contributed by atoms with E-state index in [2.05, 4.69) is 29.7 Å². The lowest BCUT2D eigenvalue weighted by molar-refractivity contribution is 0.297. The molecule has 2 aliphatic heterocycles. The van der Waals surface area contributed by atoms with Gasteiger partial charge in [0.05, 0.1) is 13.2 Å². The lowest BCUT2D eigenvalue weighted by atomic mass is 10.1. The van der Waals surface area contributed by atoms with Crippen molar-refractivity contribution in [1.82, 2.24) is 5.32 Å². The van der Waals surface area contributed by atoms with Crippen molar-refractivity contribution >= 4 is 5.69 Å². The van der Waals surface area contributed by atoms with Crippen molar-refractivity contribution in [3.63, 3.8) is 0 Å². The molecule has 110 valence electrons. The Morgan fingerprint density at radius 1 is 1.25 bits per heavy atom. The molecular formula is C16H24N2O2. The van der Waals surface area contributed by atoms with Gasteiger partial charge in [0.25, 0.3) is 0 Å². The molecule has 0 aromatic heterocycles. The maximum Gasteiger partial charge on any atom is 0.163 e. The highest BCUT2D eigenvalue weighted by Crippen LogP contribution is 2.32. The van der Waals surface area contributed by atoms with Gasteiger partial charge in [0.1, 0.15) is 0 Å². The zero-order chi connectivity index (χ0) is 13.8. The van der Waals surface area contributed by atoms with Gasteiger partial charge in [0.15, 0.2) is 11.5 Å². The van der Waals surface area contributed by atoms with Gasteiger partial charge in [0, 0.05) is 30.3 Å². The molecule has 0 spiro atoms. The minimum Gasteiger partial charge on any atom is -0.490 e. The molecule has 0 amide bonds. The van der Waals surface area contributed by atoms with E-state index in [-0.39, 0.29) is 0 Å². The van der Waals surface area contributed by atoms with Crippen molar-refractivity contribution in [3.8, 4) is 11.5 Å². The molecular weight excluding hydrogens is 252 g/mol. The van der Waals surface area contributed by atoms with Crippen LogP contribution in [-0.4, -0.2) is 31.8 Å². The zero-order valence-corrected chi connectivity index (χ0v) is 12.2. The normalized spacial score (nSPS) is 23.1. The first-order valence-electron chi connectivity index (χ1n) is 7.71. The van der Waals surface area contributed by atoms with Crippen LogP contribution in [0.1, 0.15) is 32.6 Å². The van der Waals surface area contributed by atoms with Crippen LogP contribution in [-0.2, 0) is 0 Å². The summed E-state index contributed by atoms with van der Waals surface area (Å²) in [5, 5.41) is 7.11. The van der Waals surface area contributed by atoms with E-state index in [9.17, 15) is 0 Å². The molecule has 2 heterocycles. The number of rotatable bonds is 4. The fourth-order valence-corrected chi connectivity index (χ4v) is 2.98. The van der Waals surface area contributed by atoms with Gasteiger partial charge in [-0.25, -0.2) is 0 Å². The summed E-state index contributed by atoms with van der Waals surface area (Å²) < 4.78 is 11.4. The lowest BCUT2D eigenvalue weighted by Gasteiger charge is -2.20. The van der Waals surface area contributed by atoms with Crippen LogP contribution in [0.5, 0.6) is 11.5 Å². The highest BCUT2D eigenvalue weighted by atomic mass is 16.5. The van der Waals surface area contributed by atoms with Gasteiger partial charge in [-0.1, -0.05) is 0 Å². The third-order valence-corrected chi connectivity index (χ3v) is 3.96. The first-order chi connectivity index (χ1) is 9.81. The summed E-state index contributed by atoms with van der Waals surface area (Å²) in [5.41, 5.74) is 1.11. The monoisotopic (exact) mass is 276 g/mol. The third-order valence-electron chi connectivity index (χ3n) is 3.96. The van der Waals surface area contributed by atoms with E-state index in [1.54, 1.807) is 0 Å². The van der Waals surface area contributed by atoms with E-state index in [0.717, 1.165) is 43.2 Å². The Morgan fingerprint density at radius 2 is 2.10 bits per heavy atom. The molecule has 2 aliphatic rings. The second kappa shape index (κ2) is 6.35. The molecule has 20 heavy (non-hydrogen) atoms. The second-order valence-electron chi connectivity index (χ2n) is 5.79. The molecule has 2 N–H and O–H groups in total. The highest BCUT2D eigenvalue weighted by Gasteiger charge is 2.17. The smallest absolute Gasteiger partial charge is 0.163 e. The van der Waals surface area contributed by atoms with Gasteiger partial charge in [-0.3, -0.25) is 0 Å². The summed E-state index contributed by atoms with van der Waals surface area (Å²) in [6.45, 7) is 4.88. The fourth-order valence-electron chi connectivity index (χ4n) is 2.98. The fraction of sp³-hybridized carbons (Fsp3) is 0.625. The lowest BCUT2D eigenvalue weighted by Crippen LogP contribution is -2.29. The van der Waals surface area contributed by atoms with Gasteiger partial charge in [-0.2, -0.15) is 0 Å². The van der Waals surface area contributed by atoms with E-state index in [4.69, 9.17) is 9.47 Å². The molecule has 0 radical (unpaired) electrons. The minimum absolute atomic E-state index is 0.454. The largest absolute Gasteiger partial charge is 0.490 e. The van der Waals surface area contributed by atoms with Gasteiger partial charge < -0.3 is 20.1 Å². The van der Waals surface area contributed by atoms with E-state index in [1.807, 2.05) is 6.07 Å². The first-order valence-corrected chi connectivity index (χ1v) is 7.71. The average Bonchev–Trinajstić information content (AvgIpc) is 2.82. The Morgan fingerprint density at radius 3 is 2.90 bits per heavy atom. The molecule has 0 saturated carbocycles. The molecule has 0 bridgehead atoms. The minimum atomic E-state index is 0.454. The molecule has 4 nitrogen and oxygen atoms in total. The van der Waals surface area contributed by atoms with Crippen molar-refractivity contribution < 1.29 is 9.47 Å². The molecule has 2 unspecified atom stereocenters. The van der Waals surface area contributed by atoms with Gasteiger partial charge in [0.2, 0.25) is 0 Å². The maximum atomic E-state index is 5.73. The predicted octanol–water partition coefficient (Wildman–Crippen LogP) is 2.79. The summed E-state index contributed by atoms with van der Waals surface area (Å²) in [4.78, 5) is 0. The van der Waals surface area contributed by atoms with Crippen molar-refractivity contribution in [2.24, 2.45) is 0 Å². The Bertz CT molecular complexity index is 444. The Hall–Kier alpha value is -1.42. The SMILES string of the molecule is CC(CC1CCCN1)Nc1ccc2c(c1)OCCCO2. The van der Waals surface area contributed by atoms with Crippen LogP contribution >= 0.6 is 0 Å². The van der Waals surface area contributed by atoms with E-state index in [0.29, 0.717) is 12.1 Å². The standard InChI is InChI=1S/C16H24N2O2/c1-12(10-13-4-2-7-17-13)18-14-5-6-15-16(11-14)20-9-3-8-19-15/h5-6,11-13,17-18H,2-4,7-10H2,1H3. The van der Waals surface area contributed by atoms with E-state index in [1.165, 1.54) is 19.4 Å². The summed E-state index contributed by atoms with van der Waals surface area (Å²) in [6.07, 6.45) is 4.71. The topological polar surface area (TPSA) is 42.5 Å². The van der Waals surface area contributed by atoms with Crippen LogP contribution in [0.25, 0.3) is 0 Å². The van der Waals surface area contributed by atoms with Gasteiger partial charge in [-0.05, 0) is 44.9 Å². The van der Waals surface area contributed by atoms with Crippen molar-refractivity contribution in [2.75, 3.05) is 25.1 Å². The quantitative estimate of drug-likeness (QED) is 0.887. The second-order valence-corrected chi connectivity index (χ2v) is 5.79. The average molecular weight is 276 g/mol. The van der Waals surface area contributed by atoms with Crippen LogP contribution < -0.4 is 20.1 Å². The zero-order valence-electron chi connectivity index (χ0n) is 12.2. The molecule has 0 aliphatic carbocycles. The molecule has 1 fully saturated rings. The summed E-state index contributed by atoms with van der Waals surface area (Å²) >= 11 is 0. The highest BCUT2D eigenvalue weighted by molar-refractivity contribution is 5.55. The Labute approximate surface area is 120 Å². The van der Waals surface area contributed by atoms with Crippen LogP contribution in [0.2, 0.25) is 0 Å². The molecule has 1 aromatic carbocycles. The number of nitrogens with one attached hydrogen (secondary N) is 2. The van der Waals surface area contributed by atoms with Crippen molar-refractivity contribution in [3.05, 3.63) is 18.2 Å². The molecule has 2 atom stereocenters. The van der Waals surface area contributed by atoms with Gasteiger partial charge >= 0.3 is 0 Å². The summed E-state index contributed by atoms with van der Waals surface area (Å²) in [6, 6.07) is 7.25.